The minimum absolute atomic E-state index is 0.123. The highest BCUT2D eigenvalue weighted by molar-refractivity contribution is 5.88. The first-order chi connectivity index (χ1) is 15.7. The van der Waals surface area contributed by atoms with E-state index in [-0.39, 0.29) is 11.4 Å². The van der Waals surface area contributed by atoms with Gasteiger partial charge in [-0.1, -0.05) is 38.1 Å². The second-order valence-corrected chi connectivity index (χ2v) is 9.67. The van der Waals surface area contributed by atoms with Crippen molar-refractivity contribution in [2.45, 2.75) is 52.6 Å². The number of hydrogen-bond donors (Lipinski definition) is 2. The summed E-state index contributed by atoms with van der Waals surface area (Å²) in [7, 11) is 1.58. The molecule has 1 aliphatic heterocycles. The van der Waals surface area contributed by atoms with Crippen molar-refractivity contribution in [3.8, 4) is 16.9 Å². The highest BCUT2D eigenvalue weighted by atomic mass is 19.1. The molecule has 3 aromatic carbocycles. The molecule has 3 nitrogen and oxygen atoms in total. The highest BCUT2D eigenvalue weighted by Crippen LogP contribution is 2.42. The maximum absolute atomic E-state index is 13.9. The summed E-state index contributed by atoms with van der Waals surface area (Å²) >= 11 is 0. The van der Waals surface area contributed by atoms with Crippen LogP contribution in [-0.4, -0.2) is 12.6 Å². The molecule has 4 heteroatoms. The Morgan fingerprint density at radius 1 is 1.03 bits per heavy atom. The number of methoxy groups -OCH3 is 1. The van der Waals surface area contributed by atoms with E-state index in [2.05, 4.69) is 87.7 Å². The number of nitrogens with one attached hydrogen (secondary N) is 2. The van der Waals surface area contributed by atoms with Crippen LogP contribution in [0.5, 0.6) is 5.75 Å². The molecule has 0 fully saturated rings. The van der Waals surface area contributed by atoms with E-state index in [1.165, 1.54) is 28.8 Å². The van der Waals surface area contributed by atoms with E-state index < -0.39 is 0 Å². The van der Waals surface area contributed by atoms with Crippen LogP contribution in [0.15, 0.2) is 60.7 Å². The molecule has 1 heterocycles. The largest absolute Gasteiger partial charge is 0.496 e. The van der Waals surface area contributed by atoms with E-state index in [4.69, 9.17) is 4.74 Å². The number of halogens is 1. The van der Waals surface area contributed by atoms with Crippen LogP contribution in [0.25, 0.3) is 16.7 Å². The summed E-state index contributed by atoms with van der Waals surface area (Å²) in [6.45, 7) is 11.5. The molecule has 172 valence electrons. The Morgan fingerprint density at radius 3 is 2.52 bits per heavy atom. The summed E-state index contributed by atoms with van der Waals surface area (Å²) in [6, 6.07) is 17.5. The molecule has 0 spiro atoms. The summed E-state index contributed by atoms with van der Waals surface area (Å²) in [4.78, 5) is 0. The first-order valence-electron chi connectivity index (χ1n) is 11.5. The first kappa shape index (κ1) is 22.9. The van der Waals surface area contributed by atoms with E-state index in [9.17, 15) is 4.39 Å². The standard InChI is InChI=1S/C29H33FN2O/c1-18(2)20-8-7-9-22(14-20)31-17-25-23(24-11-10-21(30)15-27(24)33-6)12-13-26-28(25)19(3)16-29(4,5)32-26/h7-16,18,31-32H,17H2,1-6H3. The minimum Gasteiger partial charge on any atom is -0.496 e. The maximum atomic E-state index is 13.9. The fourth-order valence-electron chi connectivity index (χ4n) is 4.72. The number of anilines is 2. The third-order valence-corrected chi connectivity index (χ3v) is 6.22. The average Bonchev–Trinajstić information content (AvgIpc) is 2.76. The van der Waals surface area contributed by atoms with E-state index in [1.807, 2.05) is 0 Å². The second kappa shape index (κ2) is 8.93. The van der Waals surface area contributed by atoms with E-state index >= 15 is 0 Å². The normalized spacial score (nSPS) is 14.4. The number of ether oxygens (including phenoxy) is 1. The van der Waals surface area contributed by atoms with Crippen molar-refractivity contribution in [1.82, 2.24) is 0 Å². The van der Waals surface area contributed by atoms with Gasteiger partial charge in [-0.3, -0.25) is 0 Å². The number of allylic oxidation sites excluding steroid dienone is 1. The lowest BCUT2D eigenvalue weighted by Crippen LogP contribution is -2.32. The van der Waals surface area contributed by atoms with Crippen LogP contribution in [0.2, 0.25) is 0 Å². The van der Waals surface area contributed by atoms with Gasteiger partial charge in [0, 0.05) is 35.1 Å². The van der Waals surface area contributed by atoms with Gasteiger partial charge >= 0.3 is 0 Å². The van der Waals surface area contributed by atoms with Crippen molar-refractivity contribution >= 4 is 16.9 Å². The van der Waals surface area contributed by atoms with E-state index in [1.54, 1.807) is 13.2 Å². The van der Waals surface area contributed by atoms with Crippen LogP contribution in [-0.2, 0) is 6.54 Å². The number of rotatable bonds is 6. The predicted molar refractivity (Wildman–Crippen MR) is 138 cm³/mol. The Bertz CT molecular complexity index is 1210. The zero-order valence-electron chi connectivity index (χ0n) is 20.3. The molecule has 0 radical (unpaired) electrons. The third-order valence-electron chi connectivity index (χ3n) is 6.22. The molecule has 0 bridgehead atoms. The average molecular weight is 445 g/mol. The molecular weight excluding hydrogens is 411 g/mol. The molecule has 3 aromatic rings. The van der Waals surface area contributed by atoms with Gasteiger partial charge in [0.25, 0.3) is 0 Å². The SMILES string of the molecule is COc1cc(F)ccc1-c1ccc2c(c1CNc1cccc(C(C)C)c1)C(C)=CC(C)(C)N2. The van der Waals surface area contributed by atoms with Crippen molar-refractivity contribution in [3.63, 3.8) is 0 Å². The van der Waals surface area contributed by atoms with Gasteiger partial charge in [-0.25, -0.2) is 4.39 Å². The molecule has 0 amide bonds. The summed E-state index contributed by atoms with van der Waals surface area (Å²) < 4.78 is 19.5. The zero-order valence-corrected chi connectivity index (χ0v) is 20.3. The van der Waals surface area contributed by atoms with E-state index in [0.29, 0.717) is 18.2 Å². The van der Waals surface area contributed by atoms with E-state index in [0.717, 1.165) is 28.1 Å². The molecule has 33 heavy (non-hydrogen) atoms. The summed E-state index contributed by atoms with van der Waals surface area (Å²) in [5, 5.41) is 7.29. The third kappa shape index (κ3) is 4.75. The van der Waals surface area contributed by atoms with Gasteiger partial charge in [0.1, 0.15) is 11.6 Å². The summed E-state index contributed by atoms with van der Waals surface area (Å²) in [5.74, 6) is 0.689. The molecule has 0 aliphatic carbocycles. The lowest BCUT2D eigenvalue weighted by molar-refractivity contribution is 0.413. The minimum atomic E-state index is -0.307. The van der Waals surface area contributed by atoms with Crippen LogP contribution >= 0.6 is 0 Å². The molecule has 0 atom stereocenters. The van der Waals surface area contributed by atoms with Crippen LogP contribution in [0.1, 0.15) is 57.2 Å². The quantitative estimate of drug-likeness (QED) is 0.406. The molecule has 0 saturated carbocycles. The molecular formula is C29H33FN2O. The number of hydrogen-bond acceptors (Lipinski definition) is 3. The number of fused-ring (bicyclic) bond motifs is 1. The Balaban J connectivity index is 1.83. The van der Waals surface area contributed by atoms with Crippen LogP contribution < -0.4 is 15.4 Å². The van der Waals surface area contributed by atoms with Gasteiger partial charge in [0.15, 0.2) is 0 Å². The number of benzene rings is 3. The fraction of sp³-hybridized carbons (Fsp3) is 0.310. The van der Waals surface area contributed by atoms with Crippen molar-refractivity contribution in [1.29, 1.82) is 0 Å². The lowest BCUT2D eigenvalue weighted by Gasteiger charge is -2.33. The molecule has 4 rings (SSSR count). The molecule has 0 aromatic heterocycles. The zero-order chi connectivity index (χ0) is 23.8. The molecule has 0 saturated heterocycles. The predicted octanol–water partition coefficient (Wildman–Crippen LogP) is 7.84. The molecule has 0 unspecified atom stereocenters. The van der Waals surface area contributed by atoms with Crippen LogP contribution in [0, 0.1) is 5.82 Å². The van der Waals surface area contributed by atoms with Gasteiger partial charge < -0.3 is 15.4 Å². The first-order valence-corrected chi connectivity index (χ1v) is 11.5. The van der Waals surface area contributed by atoms with Crippen molar-refractivity contribution in [2.24, 2.45) is 0 Å². The van der Waals surface area contributed by atoms with Crippen LogP contribution in [0.3, 0.4) is 0 Å². The Kier molecular flexibility index (Phi) is 6.20. The van der Waals surface area contributed by atoms with Gasteiger partial charge in [0.2, 0.25) is 0 Å². The van der Waals surface area contributed by atoms with Gasteiger partial charge in [-0.05, 0) is 79.3 Å². The molecule has 1 aliphatic rings. The highest BCUT2D eigenvalue weighted by Gasteiger charge is 2.26. The fourth-order valence-corrected chi connectivity index (χ4v) is 4.72. The smallest absolute Gasteiger partial charge is 0.129 e. The van der Waals surface area contributed by atoms with Gasteiger partial charge in [-0.15, -0.1) is 0 Å². The Morgan fingerprint density at radius 2 is 1.79 bits per heavy atom. The van der Waals surface area contributed by atoms with Crippen LogP contribution in [0.4, 0.5) is 15.8 Å². The second-order valence-electron chi connectivity index (χ2n) is 9.67. The topological polar surface area (TPSA) is 33.3 Å². The Hall–Kier alpha value is -3.27. The lowest BCUT2D eigenvalue weighted by atomic mass is 9.85. The van der Waals surface area contributed by atoms with Crippen molar-refractivity contribution < 1.29 is 9.13 Å². The Labute approximate surface area is 196 Å². The van der Waals surface area contributed by atoms with Gasteiger partial charge in [0.05, 0.1) is 12.6 Å². The van der Waals surface area contributed by atoms with Crippen molar-refractivity contribution in [3.05, 3.63) is 83.2 Å². The van der Waals surface area contributed by atoms with Crippen molar-refractivity contribution in [2.75, 3.05) is 17.7 Å². The maximum Gasteiger partial charge on any atom is 0.129 e. The molecule has 2 N–H and O–H groups in total. The monoisotopic (exact) mass is 444 g/mol. The summed E-state index contributed by atoms with van der Waals surface area (Å²) in [5.41, 5.74) is 8.86. The summed E-state index contributed by atoms with van der Waals surface area (Å²) in [6.07, 6.45) is 2.27. The van der Waals surface area contributed by atoms with Gasteiger partial charge in [-0.2, -0.15) is 0 Å².